The van der Waals surface area contributed by atoms with Gasteiger partial charge in [-0.05, 0) is 53.8 Å². The Morgan fingerprint density at radius 3 is 2.76 bits per heavy atom. The first-order chi connectivity index (χ1) is 16.3. The molecule has 1 amide bonds. The summed E-state index contributed by atoms with van der Waals surface area (Å²) < 4.78 is 31.3. The number of benzene rings is 1. The van der Waals surface area contributed by atoms with Gasteiger partial charge in [0.1, 0.15) is 11.6 Å². The van der Waals surface area contributed by atoms with E-state index in [2.05, 4.69) is 28.8 Å². The lowest BCUT2D eigenvalue weighted by atomic mass is 9.89. The number of primary amides is 1. The van der Waals surface area contributed by atoms with Crippen molar-refractivity contribution in [2.45, 2.75) is 12.3 Å². The van der Waals surface area contributed by atoms with Gasteiger partial charge in [0.25, 0.3) is 5.56 Å². The van der Waals surface area contributed by atoms with E-state index in [-0.39, 0.29) is 23.1 Å². The fourth-order valence-electron chi connectivity index (χ4n) is 3.61. The Labute approximate surface area is 193 Å². The number of aromatic nitrogens is 3. The predicted octanol–water partition coefficient (Wildman–Crippen LogP) is 2.99. The summed E-state index contributed by atoms with van der Waals surface area (Å²) in [6.07, 6.45) is 4.69. The molecular formula is C26H18F2N4O2. The van der Waals surface area contributed by atoms with Crippen molar-refractivity contribution < 1.29 is 13.6 Å². The quantitative estimate of drug-likeness (QED) is 0.480. The first kappa shape index (κ1) is 22.5. The van der Waals surface area contributed by atoms with Gasteiger partial charge in [0.05, 0.1) is 22.8 Å². The number of nitrogens with two attached hydrogens (primary N) is 1. The highest BCUT2D eigenvalue weighted by Gasteiger charge is 2.21. The summed E-state index contributed by atoms with van der Waals surface area (Å²) in [5.74, 6) is 8.48. The van der Waals surface area contributed by atoms with E-state index < -0.39 is 23.5 Å². The number of carbonyl (C=O) groups is 1. The van der Waals surface area contributed by atoms with Gasteiger partial charge in [0.2, 0.25) is 5.91 Å². The van der Waals surface area contributed by atoms with Crippen LogP contribution in [0.3, 0.4) is 0 Å². The number of pyridine rings is 2. The summed E-state index contributed by atoms with van der Waals surface area (Å²) in [4.78, 5) is 24.2. The maximum Gasteiger partial charge on any atom is 0.254 e. The van der Waals surface area contributed by atoms with Crippen LogP contribution in [-0.4, -0.2) is 20.1 Å². The van der Waals surface area contributed by atoms with Gasteiger partial charge in [-0.25, -0.2) is 13.3 Å². The zero-order valence-corrected chi connectivity index (χ0v) is 18.0. The van der Waals surface area contributed by atoms with E-state index in [0.717, 1.165) is 18.2 Å². The van der Waals surface area contributed by atoms with Gasteiger partial charge in [-0.2, -0.15) is 5.10 Å². The normalized spacial score (nSPS) is 11.3. The van der Waals surface area contributed by atoms with Crippen LogP contribution >= 0.6 is 0 Å². The van der Waals surface area contributed by atoms with E-state index >= 15 is 0 Å². The molecule has 1 atom stereocenters. The molecule has 0 aliphatic carbocycles. The van der Waals surface area contributed by atoms with Crippen LogP contribution < -0.4 is 11.3 Å². The fourth-order valence-corrected chi connectivity index (χ4v) is 3.61. The van der Waals surface area contributed by atoms with Crippen LogP contribution in [0.15, 0.2) is 65.8 Å². The number of fused-ring (bicyclic) bond motifs is 1. The number of hydrogen-bond donors (Lipinski definition) is 1. The monoisotopic (exact) mass is 456 g/mol. The highest BCUT2D eigenvalue weighted by molar-refractivity contribution is 5.93. The molecule has 1 unspecified atom stereocenters. The minimum absolute atomic E-state index is 0.0394. The third-order valence-electron chi connectivity index (χ3n) is 5.31. The van der Waals surface area contributed by atoms with Gasteiger partial charge < -0.3 is 10.3 Å². The van der Waals surface area contributed by atoms with E-state index in [4.69, 9.17) is 5.73 Å². The van der Waals surface area contributed by atoms with Crippen LogP contribution in [0.1, 0.15) is 39.4 Å². The molecule has 4 rings (SSSR count). The summed E-state index contributed by atoms with van der Waals surface area (Å²) in [5.41, 5.74) is 6.81. The molecule has 0 aliphatic heterocycles. The number of carbonyl (C=O) groups excluding carboxylic acids is 1. The van der Waals surface area contributed by atoms with Gasteiger partial charge in [-0.3, -0.25) is 9.59 Å². The Morgan fingerprint density at radius 2 is 1.97 bits per heavy atom. The van der Waals surface area contributed by atoms with E-state index in [1.54, 1.807) is 43.7 Å². The van der Waals surface area contributed by atoms with Crippen molar-refractivity contribution in [3.8, 4) is 23.7 Å². The zero-order chi connectivity index (χ0) is 24.2. The lowest BCUT2D eigenvalue weighted by molar-refractivity contribution is 0.0999. The first-order valence-corrected chi connectivity index (χ1v) is 10.2. The maximum atomic E-state index is 14.6. The molecule has 0 bridgehead atoms. The lowest BCUT2D eigenvalue weighted by Gasteiger charge is -2.16. The first-order valence-electron chi connectivity index (χ1n) is 10.2. The largest absolute Gasteiger partial charge is 0.366 e. The van der Waals surface area contributed by atoms with Crippen LogP contribution in [0.25, 0.3) is 5.52 Å². The number of rotatable bonds is 4. The van der Waals surface area contributed by atoms with E-state index in [0.29, 0.717) is 16.6 Å². The molecule has 4 aromatic rings. The van der Waals surface area contributed by atoms with Crippen molar-refractivity contribution in [1.82, 2.24) is 14.2 Å². The number of aryl methyl sites for hydroxylation is 1. The second-order valence-corrected chi connectivity index (χ2v) is 7.52. The molecule has 168 valence electrons. The lowest BCUT2D eigenvalue weighted by Crippen LogP contribution is -2.23. The highest BCUT2D eigenvalue weighted by atomic mass is 19.1. The average Bonchev–Trinajstić information content (AvgIpc) is 3.29. The molecule has 8 heteroatoms. The third kappa shape index (κ3) is 4.57. The second-order valence-electron chi connectivity index (χ2n) is 7.52. The molecule has 2 N–H and O–H groups in total. The van der Waals surface area contributed by atoms with E-state index in [1.165, 1.54) is 15.3 Å². The maximum absolute atomic E-state index is 14.6. The number of nitrogens with zero attached hydrogens (tertiary/aromatic N) is 3. The van der Waals surface area contributed by atoms with E-state index in [1.807, 2.05) is 0 Å². The highest BCUT2D eigenvalue weighted by Crippen LogP contribution is 2.28. The molecule has 3 heterocycles. The molecule has 34 heavy (non-hydrogen) atoms. The van der Waals surface area contributed by atoms with Crippen LogP contribution in [0.4, 0.5) is 8.78 Å². The Bertz CT molecular complexity index is 1600. The van der Waals surface area contributed by atoms with Crippen LogP contribution in [0.5, 0.6) is 0 Å². The van der Waals surface area contributed by atoms with Crippen LogP contribution in [-0.2, 0) is 7.05 Å². The summed E-state index contributed by atoms with van der Waals surface area (Å²) in [6, 6.07) is 9.65. The smallest absolute Gasteiger partial charge is 0.254 e. The minimum Gasteiger partial charge on any atom is -0.366 e. The van der Waals surface area contributed by atoms with Crippen molar-refractivity contribution in [2.24, 2.45) is 12.8 Å². The summed E-state index contributed by atoms with van der Waals surface area (Å²) >= 11 is 0. The van der Waals surface area contributed by atoms with Crippen molar-refractivity contribution in [2.75, 3.05) is 0 Å². The fraction of sp³-hybridized carbons (Fsp3) is 0.115. The van der Waals surface area contributed by atoms with Crippen molar-refractivity contribution in [3.63, 3.8) is 0 Å². The Hall–Kier alpha value is -4.69. The summed E-state index contributed by atoms with van der Waals surface area (Å²) in [5, 5.41) is 4.10. The van der Waals surface area contributed by atoms with Gasteiger partial charge in [-0.15, -0.1) is 0 Å². The van der Waals surface area contributed by atoms with Crippen LogP contribution in [0.2, 0.25) is 0 Å². The molecule has 0 saturated heterocycles. The zero-order valence-electron chi connectivity index (χ0n) is 18.0. The average molecular weight is 456 g/mol. The Kier molecular flexibility index (Phi) is 6.24. The molecule has 0 fully saturated rings. The Balaban J connectivity index is 1.69. The van der Waals surface area contributed by atoms with Gasteiger partial charge >= 0.3 is 0 Å². The molecule has 0 spiro atoms. The van der Waals surface area contributed by atoms with Gasteiger partial charge in [0, 0.05) is 37.3 Å². The third-order valence-corrected chi connectivity index (χ3v) is 5.31. The van der Waals surface area contributed by atoms with Crippen molar-refractivity contribution in [1.29, 1.82) is 0 Å². The molecule has 0 aliphatic rings. The molecule has 6 nitrogen and oxygen atoms in total. The van der Waals surface area contributed by atoms with Crippen molar-refractivity contribution in [3.05, 3.63) is 105 Å². The summed E-state index contributed by atoms with van der Waals surface area (Å²) in [7, 11) is 1.58. The minimum atomic E-state index is -0.787. The standard InChI is InChI=1S/C26H18F2N4O2/c1-31-13-5-8-21(26(31)34)20(22-15-19(27)9-10-23(22)28)7-4-2-3-6-17-14-18(25(29)33)16-32-24(17)11-12-30-32/h5,8-16,20H,7H2,1H3,(H2,29,33). The van der Waals surface area contributed by atoms with Crippen LogP contribution in [0, 0.1) is 35.3 Å². The number of halogens is 2. The summed E-state index contributed by atoms with van der Waals surface area (Å²) in [6.45, 7) is 0. The molecule has 3 aromatic heterocycles. The number of amides is 1. The second kappa shape index (κ2) is 9.43. The van der Waals surface area contributed by atoms with Gasteiger partial charge in [-0.1, -0.05) is 17.9 Å². The van der Waals surface area contributed by atoms with E-state index in [9.17, 15) is 18.4 Å². The van der Waals surface area contributed by atoms with Crippen molar-refractivity contribution >= 4 is 11.4 Å². The predicted molar refractivity (Wildman–Crippen MR) is 123 cm³/mol. The molecule has 1 aromatic carbocycles. The SMILES string of the molecule is Cn1cccc(C(CC#CC#Cc2cc(C(N)=O)cn3nccc23)c2cc(F)ccc2F)c1=O. The van der Waals surface area contributed by atoms with Gasteiger partial charge in [0.15, 0.2) is 0 Å². The number of hydrogen-bond acceptors (Lipinski definition) is 3. The molecule has 0 radical (unpaired) electrons. The topological polar surface area (TPSA) is 82.4 Å². The molecule has 0 saturated carbocycles. The Morgan fingerprint density at radius 1 is 1.15 bits per heavy atom. The molecular weight excluding hydrogens is 438 g/mol.